The molecule has 0 amide bonds. The third kappa shape index (κ3) is 3.38. The molecular formula is C18H23N5O4. The van der Waals surface area contributed by atoms with E-state index >= 15 is 0 Å². The summed E-state index contributed by atoms with van der Waals surface area (Å²) in [6.45, 7) is 0.0517. The Kier molecular flexibility index (Phi) is 5.15. The number of aliphatic hydroxyl groups excluding tert-OH is 2. The molecule has 1 atom stereocenters. The Morgan fingerprint density at radius 3 is 2.44 bits per heavy atom. The van der Waals surface area contributed by atoms with Crippen molar-refractivity contribution in [1.29, 1.82) is 0 Å². The van der Waals surface area contributed by atoms with Crippen molar-refractivity contribution in [1.82, 2.24) is 18.7 Å². The van der Waals surface area contributed by atoms with Gasteiger partial charge >= 0.3 is 5.69 Å². The van der Waals surface area contributed by atoms with Crippen LogP contribution in [-0.2, 0) is 27.2 Å². The summed E-state index contributed by atoms with van der Waals surface area (Å²) in [6.07, 6.45) is -1.06. The third-order valence-electron chi connectivity index (χ3n) is 4.54. The van der Waals surface area contributed by atoms with Crippen molar-refractivity contribution >= 4 is 17.1 Å². The zero-order valence-electron chi connectivity index (χ0n) is 15.5. The number of nitrogens with zero attached hydrogens (tertiary/aromatic N) is 5. The number of hydrogen-bond acceptors (Lipinski definition) is 6. The first-order valence-corrected chi connectivity index (χ1v) is 8.55. The third-order valence-corrected chi connectivity index (χ3v) is 4.54. The SMILES string of the molecule is CN(Cc1ccccc1)c1nc2c(c(=O)n(C)c(=O)n2C)n1C[C@@H](O)CO. The second-order valence-electron chi connectivity index (χ2n) is 6.58. The molecule has 0 aliphatic heterocycles. The number of imidazole rings is 1. The Hall–Kier alpha value is -2.91. The van der Waals surface area contributed by atoms with Gasteiger partial charge in [-0.05, 0) is 5.56 Å². The van der Waals surface area contributed by atoms with E-state index in [1.165, 1.54) is 11.6 Å². The molecule has 0 bridgehead atoms. The zero-order valence-corrected chi connectivity index (χ0v) is 15.5. The van der Waals surface area contributed by atoms with E-state index in [0.29, 0.717) is 12.5 Å². The molecule has 0 radical (unpaired) electrons. The predicted octanol–water partition coefficient (Wildman–Crippen LogP) is -0.577. The van der Waals surface area contributed by atoms with Gasteiger partial charge in [-0.25, -0.2) is 4.79 Å². The molecule has 27 heavy (non-hydrogen) atoms. The van der Waals surface area contributed by atoms with Gasteiger partial charge in [-0.3, -0.25) is 13.9 Å². The Morgan fingerprint density at radius 1 is 1.15 bits per heavy atom. The molecule has 3 rings (SSSR count). The number of fused-ring (bicyclic) bond motifs is 1. The summed E-state index contributed by atoms with van der Waals surface area (Å²) >= 11 is 0. The van der Waals surface area contributed by atoms with Crippen LogP contribution in [0.3, 0.4) is 0 Å². The van der Waals surface area contributed by atoms with Gasteiger partial charge < -0.3 is 19.7 Å². The molecule has 0 aliphatic rings. The minimum absolute atomic E-state index is 0.0189. The number of anilines is 1. The molecule has 144 valence electrons. The molecule has 0 saturated carbocycles. The van der Waals surface area contributed by atoms with Crippen LogP contribution in [-0.4, -0.2) is 48.7 Å². The molecule has 2 aromatic heterocycles. The van der Waals surface area contributed by atoms with Gasteiger partial charge in [0.25, 0.3) is 5.56 Å². The van der Waals surface area contributed by atoms with Crippen molar-refractivity contribution in [2.75, 3.05) is 18.6 Å². The molecule has 0 unspecified atom stereocenters. The van der Waals surface area contributed by atoms with Gasteiger partial charge in [0, 0.05) is 27.7 Å². The largest absolute Gasteiger partial charge is 0.394 e. The Labute approximate surface area is 155 Å². The minimum Gasteiger partial charge on any atom is -0.394 e. The molecule has 0 saturated heterocycles. The van der Waals surface area contributed by atoms with E-state index in [2.05, 4.69) is 4.98 Å². The van der Waals surface area contributed by atoms with Crippen LogP contribution in [0.1, 0.15) is 5.56 Å². The van der Waals surface area contributed by atoms with Gasteiger partial charge in [-0.1, -0.05) is 30.3 Å². The fourth-order valence-electron chi connectivity index (χ4n) is 3.10. The monoisotopic (exact) mass is 373 g/mol. The van der Waals surface area contributed by atoms with Crippen molar-refractivity contribution in [2.45, 2.75) is 19.2 Å². The first kappa shape index (κ1) is 18.9. The Bertz CT molecular complexity index is 1070. The lowest BCUT2D eigenvalue weighted by Gasteiger charge is -2.21. The maximum Gasteiger partial charge on any atom is 0.332 e. The lowest BCUT2D eigenvalue weighted by molar-refractivity contribution is 0.0823. The van der Waals surface area contributed by atoms with Gasteiger partial charge in [0.1, 0.15) is 0 Å². The number of aliphatic hydroxyl groups is 2. The summed E-state index contributed by atoms with van der Waals surface area (Å²) in [5.74, 6) is 0.430. The summed E-state index contributed by atoms with van der Waals surface area (Å²) in [7, 11) is 4.76. The van der Waals surface area contributed by atoms with Crippen molar-refractivity contribution in [3.63, 3.8) is 0 Å². The molecule has 9 nitrogen and oxygen atoms in total. The Morgan fingerprint density at radius 2 is 1.81 bits per heavy atom. The summed E-state index contributed by atoms with van der Waals surface area (Å²) in [4.78, 5) is 31.3. The van der Waals surface area contributed by atoms with Gasteiger partial charge in [0.15, 0.2) is 11.2 Å². The average Bonchev–Trinajstić information content (AvgIpc) is 3.04. The van der Waals surface area contributed by atoms with Crippen LogP contribution in [0.25, 0.3) is 11.2 Å². The summed E-state index contributed by atoms with van der Waals surface area (Å²) in [6, 6.07) is 9.74. The molecule has 9 heteroatoms. The number of hydrogen-bond donors (Lipinski definition) is 2. The van der Waals surface area contributed by atoms with E-state index < -0.39 is 24.0 Å². The number of aromatic nitrogens is 4. The fourth-order valence-corrected chi connectivity index (χ4v) is 3.10. The van der Waals surface area contributed by atoms with Gasteiger partial charge in [0.05, 0.1) is 19.3 Å². The quantitative estimate of drug-likeness (QED) is 0.599. The van der Waals surface area contributed by atoms with E-state index in [4.69, 9.17) is 0 Å². The van der Waals surface area contributed by atoms with Crippen molar-refractivity contribution in [2.24, 2.45) is 14.1 Å². The van der Waals surface area contributed by atoms with Crippen molar-refractivity contribution in [3.8, 4) is 0 Å². The number of aryl methyl sites for hydroxylation is 1. The van der Waals surface area contributed by atoms with Crippen LogP contribution < -0.4 is 16.1 Å². The van der Waals surface area contributed by atoms with Crippen LogP contribution in [0.2, 0.25) is 0 Å². The molecule has 0 aliphatic carbocycles. The summed E-state index contributed by atoms with van der Waals surface area (Å²) in [5, 5.41) is 19.2. The smallest absolute Gasteiger partial charge is 0.332 e. The molecule has 2 N–H and O–H groups in total. The van der Waals surface area contributed by atoms with Crippen LogP contribution >= 0.6 is 0 Å². The highest BCUT2D eigenvalue weighted by molar-refractivity contribution is 5.74. The first-order chi connectivity index (χ1) is 12.8. The molecule has 0 fully saturated rings. The standard InChI is InChI=1S/C18H23N5O4/c1-20(9-12-7-5-4-6-8-12)17-19-15-14(23(17)10-13(25)11-24)16(26)22(3)18(27)21(15)2/h4-8,13,24-25H,9-11H2,1-3H3/t13-/m1/s1. The lowest BCUT2D eigenvalue weighted by Crippen LogP contribution is -2.38. The van der Waals surface area contributed by atoms with Crippen molar-refractivity contribution in [3.05, 3.63) is 56.7 Å². The average molecular weight is 373 g/mol. The second kappa shape index (κ2) is 7.37. The summed E-state index contributed by atoms with van der Waals surface area (Å²) < 4.78 is 3.87. The molecule has 0 spiro atoms. The highest BCUT2D eigenvalue weighted by atomic mass is 16.3. The van der Waals surface area contributed by atoms with Crippen LogP contribution in [0.5, 0.6) is 0 Å². The van der Waals surface area contributed by atoms with E-state index in [0.717, 1.165) is 10.1 Å². The minimum atomic E-state index is -1.06. The highest BCUT2D eigenvalue weighted by Crippen LogP contribution is 2.21. The predicted molar refractivity (Wildman–Crippen MR) is 102 cm³/mol. The van der Waals surface area contributed by atoms with Crippen molar-refractivity contribution < 1.29 is 10.2 Å². The maximum absolute atomic E-state index is 12.7. The van der Waals surface area contributed by atoms with E-state index in [-0.39, 0.29) is 17.7 Å². The molecule has 2 heterocycles. The van der Waals surface area contributed by atoms with E-state index in [1.807, 2.05) is 42.3 Å². The van der Waals surface area contributed by atoms with E-state index in [9.17, 15) is 19.8 Å². The molecule has 1 aromatic carbocycles. The fraction of sp³-hybridized carbons (Fsp3) is 0.389. The molecular weight excluding hydrogens is 350 g/mol. The van der Waals surface area contributed by atoms with Gasteiger partial charge in [0.2, 0.25) is 5.95 Å². The van der Waals surface area contributed by atoms with Crippen LogP contribution in [0, 0.1) is 0 Å². The number of rotatable bonds is 6. The second-order valence-corrected chi connectivity index (χ2v) is 6.58. The van der Waals surface area contributed by atoms with Crippen LogP contribution in [0.4, 0.5) is 5.95 Å². The van der Waals surface area contributed by atoms with E-state index in [1.54, 1.807) is 11.6 Å². The number of benzene rings is 1. The maximum atomic E-state index is 12.7. The summed E-state index contributed by atoms with van der Waals surface area (Å²) in [5.41, 5.74) is 0.524. The zero-order chi connectivity index (χ0) is 19.7. The van der Waals surface area contributed by atoms with Gasteiger partial charge in [-0.2, -0.15) is 4.98 Å². The topological polar surface area (TPSA) is 106 Å². The molecule has 3 aromatic rings. The Balaban J connectivity index is 2.20. The highest BCUT2D eigenvalue weighted by Gasteiger charge is 2.22. The van der Waals surface area contributed by atoms with Gasteiger partial charge in [-0.15, -0.1) is 0 Å². The lowest BCUT2D eigenvalue weighted by atomic mass is 10.2. The first-order valence-electron chi connectivity index (χ1n) is 8.55. The normalized spacial score (nSPS) is 12.5. The van der Waals surface area contributed by atoms with Crippen LogP contribution in [0.15, 0.2) is 39.9 Å².